The summed E-state index contributed by atoms with van der Waals surface area (Å²) >= 11 is 0. The Labute approximate surface area is 128 Å². The molecule has 2 nitrogen and oxygen atoms in total. The highest BCUT2D eigenvalue weighted by atomic mass is 16.5. The lowest BCUT2D eigenvalue weighted by Crippen LogP contribution is -2.56. The number of hydrogen-bond acceptors (Lipinski definition) is 2. The van der Waals surface area contributed by atoms with E-state index in [0.717, 1.165) is 19.3 Å². The van der Waals surface area contributed by atoms with Crippen LogP contribution in [0.4, 0.5) is 0 Å². The normalized spacial score (nSPS) is 26.5. The summed E-state index contributed by atoms with van der Waals surface area (Å²) in [6.45, 7) is 5.33. The van der Waals surface area contributed by atoms with Crippen LogP contribution < -0.4 is 5.32 Å². The average Bonchev–Trinajstić information content (AvgIpc) is 3.28. The first-order chi connectivity index (χ1) is 10.2. The molecule has 2 saturated carbocycles. The molecule has 0 amide bonds. The Bertz CT molecular complexity index is 506. The molecule has 0 radical (unpaired) electrons. The van der Waals surface area contributed by atoms with Gasteiger partial charge in [0.2, 0.25) is 0 Å². The van der Waals surface area contributed by atoms with Gasteiger partial charge in [0.15, 0.2) is 0 Å². The highest BCUT2D eigenvalue weighted by Crippen LogP contribution is 2.60. The molecule has 1 aliphatic heterocycles. The van der Waals surface area contributed by atoms with Gasteiger partial charge in [-0.2, -0.15) is 0 Å². The van der Waals surface area contributed by atoms with Crippen molar-refractivity contribution in [2.75, 3.05) is 19.8 Å². The molecule has 0 atom stereocenters. The van der Waals surface area contributed by atoms with Crippen molar-refractivity contribution in [1.29, 1.82) is 0 Å². The first kappa shape index (κ1) is 13.8. The lowest BCUT2D eigenvalue weighted by molar-refractivity contribution is -0.0738. The van der Waals surface area contributed by atoms with Crippen molar-refractivity contribution in [2.45, 2.75) is 56.9 Å². The Morgan fingerprint density at radius 3 is 2.62 bits per heavy atom. The maximum atomic E-state index is 5.59. The van der Waals surface area contributed by atoms with Crippen LogP contribution in [0.3, 0.4) is 0 Å². The quantitative estimate of drug-likeness (QED) is 0.913. The second-order valence-electron chi connectivity index (χ2n) is 7.77. The summed E-state index contributed by atoms with van der Waals surface area (Å²) in [4.78, 5) is 0. The van der Waals surface area contributed by atoms with E-state index in [4.69, 9.17) is 4.74 Å². The molecule has 0 bridgehead atoms. The van der Waals surface area contributed by atoms with Gasteiger partial charge in [0, 0.05) is 31.2 Å². The highest BCUT2D eigenvalue weighted by Gasteiger charge is 2.55. The van der Waals surface area contributed by atoms with Crippen LogP contribution in [0.25, 0.3) is 0 Å². The fourth-order valence-electron chi connectivity index (χ4n) is 4.58. The first-order valence-corrected chi connectivity index (χ1v) is 8.58. The third kappa shape index (κ3) is 2.64. The number of aryl methyl sites for hydroxylation is 1. The van der Waals surface area contributed by atoms with Crippen LogP contribution >= 0.6 is 0 Å². The van der Waals surface area contributed by atoms with E-state index in [-0.39, 0.29) is 0 Å². The Kier molecular flexibility index (Phi) is 3.35. The van der Waals surface area contributed by atoms with Crippen LogP contribution in [0.5, 0.6) is 0 Å². The second kappa shape index (κ2) is 5.10. The third-order valence-corrected chi connectivity index (χ3v) is 5.92. The maximum Gasteiger partial charge on any atom is 0.0471 e. The highest BCUT2D eigenvalue weighted by molar-refractivity contribution is 5.34. The van der Waals surface area contributed by atoms with E-state index >= 15 is 0 Å². The molecule has 1 heterocycles. The molecule has 1 saturated heterocycles. The molecule has 114 valence electrons. The van der Waals surface area contributed by atoms with Crippen molar-refractivity contribution in [3.05, 3.63) is 35.4 Å². The van der Waals surface area contributed by atoms with E-state index < -0.39 is 0 Å². The fourth-order valence-corrected chi connectivity index (χ4v) is 4.58. The van der Waals surface area contributed by atoms with Gasteiger partial charge in [0.1, 0.15) is 0 Å². The van der Waals surface area contributed by atoms with Crippen LogP contribution in [0.15, 0.2) is 24.3 Å². The van der Waals surface area contributed by atoms with Gasteiger partial charge < -0.3 is 10.1 Å². The molecule has 1 aromatic carbocycles. The van der Waals surface area contributed by atoms with Crippen molar-refractivity contribution in [1.82, 2.24) is 5.32 Å². The maximum absolute atomic E-state index is 5.59. The van der Waals surface area contributed by atoms with Gasteiger partial charge in [-0.3, -0.25) is 0 Å². The molecular formula is C19H27NO. The predicted octanol–water partition coefficient (Wildman–Crippen LogP) is 3.58. The van der Waals surface area contributed by atoms with E-state index in [1.54, 1.807) is 5.56 Å². The topological polar surface area (TPSA) is 21.3 Å². The molecule has 2 aliphatic carbocycles. The van der Waals surface area contributed by atoms with Crippen molar-refractivity contribution >= 4 is 0 Å². The molecule has 2 heteroatoms. The number of benzene rings is 1. The van der Waals surface area contributed by atoms with Gasteiger partial charge in [-0.15, -0.1) is 0 Å². The summed E-state index contributed by atoms with van der Waals surface area (Å²) < 4.78 is 5.59. The summed E-state index contributed by atoms with van der Waals surface area (Å²) in [5, 5.41) is 3.81. The van der Waals surface area contributed by atoms with Gasteiger partial charge in [-0.25, -0.2) is 0 Å². The zero-order valence-electron chi connectivity index (χ0n) is 13.2. The first-order valence-electron chi connectivity index (χ1n) is 8.58. The monoisotopic (exact) mass is 285 g/mol. The molecule has 3 aliphatic rings. The number of ether oxygens (including phenoxy) is 1. The van der Waals surface area contributed by atoms with Gasteiger partial charge in [-0.1, -0.05) is 29.8 Å². The molecule has 4 rings (SSSR count). The third-order valence-electron chi connectivity index (χ3n) is 5.92. The Hall–Kier alpha value is -0.860. The average molecular weight is 285 g/mol. The summed E-state index contributed by atoms with van der Waals surface area (Å²) in [5.74, 6) is 0. The van der Waals surface area contributed by atoms with Gasteiger partial charge in [-0.05, 0) is 56.4 Å². The lowest BCUT2D eigenvalue weighted by Gasteiger charge is -2.58. The Morgan fingerprint density at radius 1 is 1.19 bits per heavy atom. The fraction of sp³-hybridized carbons (Fsp3) is 0.684. The molecule has 1 N–H and O–H groups in total. The molecule has 1 aromatic rings. The van der Waals surface area contributed by atoms with E-state index in [9.17, 15) is 0 Å². The minimum Gasteiger partial charge on any atom is -0.381 e. The van der Waals surface area contributed by atoms with E-state index in [1.807, 2.05) is 0 Å². The standard InChI is InChI=1S/C19H27NO/c1-15-3-2-4-16(11-15)19(14-20-17-5-6-17)12-18(13-19)7-9-21-10-8-18/h2-4,11,17,20H,5-10,12-14H2,1H3. The number of rotatable bonds is 4. The zero-order chi connectivity index (χ0) is 14.3. The summed E-state index contributed by atoms with van der Waals surface area (Å²) in [6.07, 6.45) is 8.00. The number of hydrogen-bond donors (Lipinski definition) is 1. The second-order valence-corrected chi connectivity index (χ2v) is 7.77. The summed E-state index contributed by atoms with van der Waals surface area (Å²) in [7, 11) is 0. The number of nitrogens with one attached hydrogen (secondary N) is 1. The predicted molar refractivity (Wildman–Crippen MR) is 85.6 cm³/mol. The van der Waals surface area contributed by atoms with Gasteiger partial charge >= 0.3 is 0 Å². The molecule has 1 spiro atoms. The minimum atomic E-state index is 0.381. The van der Waals surface area contributed by atoms with Crippen LogP contribution in [-0.4, -0.2) is 25.8 Å². The SMILES string of the molecule is Cc1cccc(C2(CNC3CC3)CC3(CCOCC3)C2)c1. The molecular weight excluding hydrogens is 258 g/mol. The van der Waals surface area contributed by atoms with Crippen molar-refractivity contribution < 1.29 is 4.74 Å². The molecule has 0 aromatic heterocycles. The van der Waals surface area contributed by atoms with Gasteiger partial charge in [0.25, 0.3) is 0 Å². The lowest BCUT2D eigenvalue weighted by atomic mass is 9.48. The van der Waals surface area contributed by atoms with Crippen molar-refractivity contribution in [3.8, 4) is 0 Å². The van der Waals surface area contributed by atoms with E-state index in [0.29, 0.717) is 10.8 Å². The van der Waals surface area contributed by atoms with Gasteiger partial charge in [0.05, 0.1) is 0 Å². The summed E-state index contributed by atoms with van der Waals surface area (Å²) in [6, 6.07) is 10.0. The van der Waals surface area contributed by atoms with Crippen LogP contribution in [-0.2, 0) is 10.2 Å². The van der Waals surface area contributed by atoms with Crippen molar-refractivity contribution in [2.24, 2.45) is 5.41 Å². The van der Waals surface area contributed by atoms with Crippen molar-refractivity contribution in [3.63, 3.8) is 0 Å². The van der Waals surface area contributed by atoms with Crippen LogP contribution in [0, 0.1) is 12.3 Å². The zero-order valence-corrected chi connectivity index (χ0v) is 13.2. The van der Waals surface area contributed by atoms with Crippen LogP contribution in [0.1, 0.15) is 49.7 Å². The van der Waals surface area contributed by atoms with E-state index in [2.05, 4.69) is 36.5 Å². The van der Waals surface area contributed by atoms with Crippen LogP contribution in [0.2, 0.25) is 0 Å². The Balaban J connectivity index is 1.55. The largest absolute Gasteiger partial charge is 0.381 e. The minimum absolute atomic E-state index is 0.381. The Morgan fingerprint density at radius 2 is 1.95 bits per heavy atom. The summed E-state index contributed by atoms with van der Waals surface area (Å²) in [5.41, 5.74) is 3.91. The molecule has 21 heavy (non-hydrogen) atoms. The molecule has 0 unspecified atom stereocenters. The smallest absolute Gasteiger partial charge is 0.0471 e. The van der Waals surface area contributed by atoms with E-state index in [1.165, 1.54) is 50.6 Å². The molecule has 3 fully saturated rings.